The van der Waals surface area contributed by atoms with E-state index in [4.69, 9.17) is 11.6 Å². The highest BCUT2D eigenvalue weighted by Gasteiger charge is 2.36. The number of rotatable bonds is 3. The maximum absolute atomic E-state index is 12.5. The number of nitrogens with zero attached hydrogens (tertiary/aromatic N) is 1. The smallest absolute Gasteiger partial charge is 0.227 e. The van der Waals surface area contributed by atoms with Crippen LogP contribution in [0, 0.1) is 11.8 Å². The van der Waals surface area contributed by atoms with Gasteiger partial charge in [0.2, 0.25) is 11.8 Å². The molecule has 1 saturated carbocycles. The van der Waals surface area contributed by atoms with Crippen LogP contribution < -0.4 is 10.2 Å². The van der Waals surface area contributed by atoms with Crippen molar-refractivity contribution in [2.24, 2.45) is 11.8 Å². The van der Waals surface area contributed by atoms with Gasteiger partial charge in [-0.15, -0.1) is 0 Å². The van der Waals surface area contributed by atoms with Crippen LogP contribution in [0.2, 0.25) is 5.02 Å². The van der Waals surface area contributed by atoms with E-state index in [0.29, 0.717) is 11.6 Å². The Morgan fingerprint density at radius 1 is 1.17 bits per heavy atom. The van der Waals surface area contributed by atoms with Crippen LogP contribution in [0.15, 0.2) is 24.3 Å². The van der Waals surface area contributed by atoms with E-state index < -0.39 is 0 Å². The van der Waals surface area contributed by atoms with Crippen molar-refractivity contribution >= 4 is 29.1 Å². The molecular weight excluding hydrogens is 312 g/mol. The van der Waals surface area contributed by atoms with Crippen LogP contribution in [0.1, 0.15) is 39.0 Å². The lowest BCUT2D eigenvalue weighted by molar-refractivity contribution is -0.127. The predicted octanol–water partition coefficient (Wildman–Crippen LogP) is 3.39. The molecule has 1 aliphatic carbocycles. The lowest BCUT2D eigenvalue weighted by Gasteiger charge is -2.27. The molecule has 23 heavy (non-hydrogen) atoms. The van der Waals surface area contributed by atoms with E-state index in [1.165, 1.54) is 12.8 Å². The molecule has 124 valence electrons. The number of benzene rings is 1. The highest BCUT2D eigenvalue weighted by molar-refractivity contribution is 6.30. The van der Waals surface area contributed by atoms with E-state index in [9.17, 15) is 9.59 Å². The summed E-state index contributed by atoms with van der Waals surface area (Å²) in [4.78, 5) is 26.4. The second-order valence-electron chi connectivity index (χ2n) is 6.85. The average Bonchev–Trinajstić information content (AvgIpc) is 2.92. The summed E-state index contributed by atoms with van der Waals surface area (Å²) in [6.07, 6.45) is 4.73. The minimum Gasteiger partial charge on any atom is -0.353 e. The van der Waals surface area contributed by atoms with Crippen molar-refractivity contribution in [1.29, 1.82) is 0 Å². The summed E-state index contributed by atoms with van der Waals surface area (Å²) in [7, 11) is 0. The van der Waals surface area contributed by atoms with Gasteiger partial charge in [-0.3, -0.25) is 9.59 Å². The fraction of sp³-hybridized carbons (Fsp3) is 0.556. The van der Waals surface area contributed by atoms with Crippen molar-refractivity contribution < 1.29 is 9.59 Å². The van der Waals surface area contributed by atoms with Crippen LogP contribution >= 0.6 is 11.6 Å². The van der Waals surface area contributed by atoms with Crippen LogP contribution in [0.5, 0.6) is 0 Å². The van der Waals surface area contributed by atoms with Gasteiger partial charge < -0.3 is 10.2 Å². The molecule has 1 aliphatic heterocycles. The van der Waals surface area contributed by atoms with Gasteiger partial charge in [-0.25, -0.2) is 0 Å². The largest absolute Gasteiger partial charge is 0.353 e. The number of carbonyl (C=O) groups is 2. The molecule has 2 amide bonds. The maximum Gasteiger partial charge on any atom is 0.227 e. The van der Waals surface area contributed by atoms with Crippen molar-refractivity contribution in [3.63, 3.8) is 0 Å². The summed E-state index contributed by atoms with van der Waals surface area (Å²) < 4.78 is 0. The average molecular weight is 335 g/mol. The summed E-state index contributed by atoms with van der Waals surface area (Å²) in [6, 6.07) is 7.45. The highest BCUT2D eigenvalue weighted by atomic mass is 35.5. The molecule has 0 unspecified atom stereocenters. The molecule has 1 aromatic carbocycles. The molecule has 0 bridgehead atoms. The topological polar surface area (TPSA) is 49.4 Å². The van der Waals surface area contributed by atoms with E-state index in [0.717, 1.165) is 24.4 Å². The predicted molar refractivity (Wildman–Crippen MR) is 91.5 cm³/mol. The number of carbonyl (C=O) groups excluding carboxylic acids is 2. The van der Waals surface area contributed by atoms with E-state index in [1.54, 1.807) is 17.0 Å². The quantitative estimate of drug-likeness (QED) is 0.921. The Morgan fingerprint density at radius 2 is 1.83 bits per heavy atom. The number of anilines is 1. The first-order chi connectivity index (χ1) is 11.0. The lowest BCUT2D eigenvalue weighted by Crippen LogP contribution is -2.41. The summed E-state index contributed by atoms with van der Waals surface area (Å²) in [5, 5.41) is 3.78. The Kier molecular flexibility index (Phi) is 4.90. The fourth-order valence-corrected chi connectivity index (χ4v) is 3.60. The van der Waals surface area contributed by atoms with Gasteiger partial charge in [0, 0.05) is 29.7 Å². The number of hydrogen-bond acceptors (Lipinski definition) is 2. The number of halogens is 1. The SMILES string of the molecule is CC1CCC(NC(=O)[C@@H]2CC(=O)N(c3ccc(Cl)cc3)C2)CC1. The van der Waals surface area contributed by atoms with Gasteiger partial charge in [-0.1, -0.05) is 18.5 Å². The van der Waals surface area contributed by atoms with Gasteiger partial charge in [-0.05, 0) is 55.9 Å². The molecule has 0 spiro atoms. The van der Waals surface area contributed by atoms with Gasteiger partial charge in [0.25, 0.3) is 0 Å². The molecule has 0 aromatic heterocycles. The minimum absolute atomic E-state index is 0.00439. The Balaban J connectivity index is 1.58. The van der Waals surface area contributed by atoms with Gasteiger partial charge in [0.05, 0.1) is 5.92 Å². The van der Waals surface area contributed by atoms with E-state index >= 15 is 0 Å². The first kappa shape index (κ1) is 16.3. The van der Waals surface area contributed by atoms with Crippen molar-refractivity contribution in [3.05, 3.63) is 29.3 Å². The van der Waals surface area contributed by atoms with E-state index in [2.05, 4.69) is 12.2 Å². The fourth-order valence-electron chi connectivity index (χ4n) is 3.48. The monoisotopic (exact) mass is 334 g/mol. The Bertz CT molecular complexity index is 579. The first-order valence-electron chi connectivity index (χ1n) is 8.39. The number of amides is 2. The molecule has 3 rings (SSSR count). The lowest BCUT2D eigenvalue weighted by atomic mass is 9.87. The van der Waals surface area contributed by atoms with Crippen molar-refractivity contribution in [2.45, 2.75) is 45.1 Å². The van der Waals surface area contributed by atoms with E-state index in [1.807, 2.05) is 12.1 Å². The molecule has 1 saturated heterocycles. The van der Waals surface area contributed by atoms with Crippen LogP contribution in [-0.2, 0) is 9.59 Å². The number of nitrogens with one attached hydrogen (secondary N) is 1. The van der Waals surface area contributed by atoms with Crippen molar-refractivity contribution in [1.82, 2.24) is 5.32 Å². The van der Waals surface area contributed by atoms with Gasteiger partial charge in [-0.2, -0.15) is 0 Å². The molecular formula is C18H23ClN2O2. The van der Waals surface area contributed by atoms with Crippen molar-refractivity contribution in [3.8, 4) is 0 Å². The van der Waals surface area contributed by atoms with Crippen LogP contribution in [0.25, 0.3) is 0 Å². The van der Waals surface area contributed by atoms with Crippen LogP contribution in [-0.4, -0.2) is 24.4 Å². The Labute approximate surface area is 142 Å². The molecule has 1 N–H and O–H groups in total. The van der Waals surface area contributed by atoms with Crippen LogP contribution in [0.3, 0.4) is 0 Å². The Hall–Kier alpha value is -1.55. The normalized spacial score (nSPS) is 28.0. The summed E-state index contributed by atoms with van der Waals surface area (Å²) in [6.45, 7) is 2.72. The molecule has 2 aliphatic rings. The summed E-state index contributed by atoms with van der Waals surface area (Å²) in [5.74, 6) is 0.535. The first-order valence-corrected chi connectivity index (χ1v) is 8.77. The molecule has 0 radical (unpaired) electrons. The minimum atomic E-state index is -0.252. The standard InChI is InChI=1S/C18H23ClN2O2/c1-12-2-6-15(7-3-12)20-18(23)13-10-17(22)21(11-13)16-8-4-14(19)5-9-16/h4-5,8-9,12-13,15H,2-3,6-7,10-11H2,1H3,(H,20,23)/t12?,13-,15?/m1/s1. The third-order valence-corrected chi connectivity index (χ3v) is 5.25. The van der Waals surface area contributed by atoms with E-state index in [-0.39, 0.29) is 30.2 Å². The van der Waals surface area contributed by atoms with Gasteiger partial charge in [0.15, 0.2) is 0 Å². The van der Waals surface area contributed by atoms with Crippen molar-refractivity contribution in [2.75, 3.05) is 11.4 Å². The zero-order valence-electron chi connectivity index (χ0n) is 13.4. The zero-order valence-corrected chi connectivity index (χ0v) is 14.2. The summed E-state index contributed by atoms with van der Waals surface area (Å²) in [5.41, 5.74) is 0.807. The second kappa shape index (κ2) is 6.91. The molecule has 1 heterocycles. The molecule has 1 aromatic rings. The molecule has 2 fully saturated rings. The second-order valence-corrected chi connectivity index (χ2v) is 7.28. The number of hydrogen-bond donors (Lipinski definition) is 1. The molecule has 1 atom stereocenters. The van der Waals surface area contributed by atoms with Crippen LogP contribution in [0.4, 0.5) is 5.69 Å². The Morgan fingerprint density at radius 3 is 2.48 bits per heavy atom. The van der Waals surface area contributed by atoms with Gasteiger partial charge >= 0.3 is 0 Å². The summed E-state index contributed by atoms with van der Waals surface area (Å²) >= 11 is 5.88. The third-order valence-electron chi connectivity index (χ3n) is 5.00. The zero-order chi connectivity index (χ0) is 16.4. The molecule has 4 nitrogen and oxygen atoms in total. The molecule has 5 heteroatoms. The highest BCUT2D eigenvalue weighted by Crippen LogP contribution is 2.28. The van der Waals surface area contributed by atoms with Gasteiger partial charge in [0.1, 0.15) is 0 Å². The maximum atomic E-state index is 12.5. The third kappa shape index (κ3) is 3.86.